The first-order valence-electron chi connectivity index (χ1n) is 4.85. The van der Waals surface area contributed by atoms with Crippen LogP contribution in [0.2, 0.25) is 0 Å². The van der Waals surface area contributed by atoms with E-state index in [1.165, 1.54) is 0 Å². The zero-order valence-electron chi connectivity index (χ0n) is 8.90. The summed E-state index contributed by atoms with van der Waals surface area (Å²) in [4.78, 5) is 0. The molecule has 1 aliphatic rings. The Morgan fingerprint density at radius 1 is 1.60 bits per heavy atom. The summed E-state index contributed by atoms with van der Waals surface area (Å²) in [6.45, 7) is 3.77. The molecule has 15 heavy (non-hydrogen) atoms. The standard InChI is InChI=1S/C9H15N3O2S/c1-7-8(10)5-11-12(7)9(2)3-4-15(13,14)6-9/h5H,3-4,6,10H2,1-2H3. The molecule has 2 rings (SSSR count). The van der Waals surface area contributed by atoms with Crippen molar-refractivity contribution in [1.82, 2.24) is 9.78 Å². The normalized spacial score (nSPS) is 29.5. The fraction of sp³-hybridized carbons (Fsp3) is 0.667. The Kier molecular flexibility index (Phi) is 2.08. The van der Waals surface area contributed by atoms with Crippen molar-refractivity contribution in [2.75, 3.05) is 17.2 Å². The van der Waals surface area contributed by atoms with Gasteiger partial charge in [0.25, 0.3) is 0 Å². The van der Waals surface area contributed by atoms with Crippen LogP contribution in [0.25, 0.3) is 0 Å². The number of nitrogens with zero attached hydrogens (tertiary/aromatic N) is 2. The Balaban J connectivity index is 2.44. The van der Waals surface area contributed by atoms with Crippen LogP contribution in [0, 0.1) is 6.92 Å². The van der Waals surface area contributed by atoms with Crippen LogP contribution in [-0.2, 0) is 15.4 Å². The second-order valence-electron chi connectivity index (χ2n) is 4.44. The number of hydrogen-bond donors (Lipinski definition) is 1. The van der Waals surface area contributed by atoms with Gasteiger partial charge in [-0.15, -0.1) is 0 Å². The number of rotatable bonds is 1. The molecular formula is C9H15N3O2S. The SMILES string of the molecule is Cc1c(N)cnn1C1(C)CCS(=O)(=O)C1. The summed E-state index contributed by atoms with van der Waals surface area (Å²) in [5.41, 5.74) is 6.73. The number of hydrogen-bond acceptors (Lipinski definition) is 4. The molecule has 0 aromatic carbocycles. The Bertz CT molecular complexity index is 491. The molecule has 0 amide bonds. The molecule has 0 spiro atoms. The van der Waals surface area contributed by atoms with Crippen LogP contribution in [-0.4, -0.2) is 29.7 Å². The highest BCUT2D eigenvalue weighted by Crippen LogP contribution is 2.32. The van der Waals surface area contributed by atoms with E-state index in [0.29, 0.717) is 12.1 Å². The van der Waals surface area contributed by atoms with E-state index in [0.717, 1.165) is 5.69 Å². The quantitative estimate of drug-likeness (QED) is 0.751. The van der Waals surface area contributed by atoms with Crippen molar-refractivity contribution in [1.29, 1.82) is 0 Å². The molecule has 84 valence electrons. The van der Waals surface area contributed by atoms with E-state index in [9.17, 15) is 8.42 Å². The van der Waals surface area contributed by atoms with Crippen LogP contribution in [0.1, 0.15) is 19.0 Å². The van der Waals surface area contributed by atoms with Crippen molar-refractivity contribution in [3.63, 3.8) is 0 Å². The van der Waals surface area contributed by atoms with Gasteiger partial charge in [-0.05, 0) is 20.3 Å². The fourth-order valence-corrected chi connectivity index (χ4v) is 4.24. The van der Waals surface area contributed by atoms with Crippen LogP contribution in [0.3, 0.4) is 0 Å². The van der Waals surface area contributed by atoms with Crippen LogP contribution in [0.4, 0.5) is 5.69 Å². The molecule has 1 aliphatic heterocycles. The van der Waals surface area contributed by atoms with E-state index in [4.69, 9.17) is 5.73 Å². The van der Waals surface area contributed by atoms with E-state index >= 15 is 0 Å². The minimum absolute atomic E-state index is 0.155. The van der Waals surface area contributed by atoms with Gasteiger partial charge in [-0.3, -0.25) is 4.68 Å². The number of nitrogen functional groups attached to an aromatic ring is 1. The summed E-state index contributed by atoms with van der Waals surface area (Å²) in [7, 11) is -2.91. The second kappa shape index (κ2) is 2.98. The third-order valence-electron chi connectivity index (χ3n) is 3.04. The highest BCUT2D eigenvalue weighted by Gasteiger charge is 2.41. The highest BCUT2D eigenvalue weighted by atomic mass is 32.2. The molecule has 1 aromatic heterocycles. The average Bonchev–Trinajstić information content (AvgIpc) is 2.57. The summed E-state index contributed by atoms with van der Waals surface area (Å²) >= 11 is 0. The van der Waals surface area contributed by atoms with Crippen LogP contribution >= 0.6 is 0 Å². The lowest BCUT2D eigenvalue weighted by molar-refractivity contribution is 0.322. The molecule has 0 bridgehead atoms. The van der Waals surface area contributed by atoms with Crippen molar-refractivity contribution < 1.29 is 8.42 Å². The fourth-order valence-electron chi connectivity index (χ4n) is 2.13. The maximum Gasteiger partial charge on any atom is 0.152 e. The molecule has 0 radical (unpaired) electrons. The first-order chi connectivity index (χ1) is 6.84. The van der Waals surface area contributed by atoms with Gasteiger partial charge in [-0.2, -0.15) is 5.10 Å². The van der Waals surface area contributed by atoms with Gasteiger partial charge in [0.15, 0.2) is 9.84 Å². The topological polar surface area (TPSA) is 78.0 Å². The molecule has 5 nitrogen and oxygen atoms in total. The van der Waals surface area contributed by atoms with E-state index in [1.54, 1.807) is 10.9 Å². The van der Waals surface area contributed by atoms with Gasteiger partial charge < -0.3 is 5.73 Å². The monoisotopic (exact) mass is 229 g/mol. The first kappa shape index (κ1) is 10.5. The molecule has 1 unspecified atom stereocenters. The Hall–Kier alpha value is -1.04. The second-order valence-corrected chi connectivity index (χ2v) is 6.62. The lowest BCUT2D eigenvalue weighted by atomic mass is 10.0. The number of sulfone groups is 1. The van der Waals surface area contributed by atoms with Gasteiger partial charge in [0.1, 0.15) is 0 Å². The molecule has 1 aromatic rings. The van der Waals surface area contributed by atoms with Crippen LogP contribution < -0.4 is 5.73 Å². The summed E-state index contributed by atoms with van der Waals surface area (Å²) in [5.74, 6) is 0.394. The summed E-state index contributed by atoms with van der Waals surface area (Å²) in [6, 6.07) is 0. The van der Waals surface area contributed by atoms with Crippen molar-refractivity contribution in [3.05, 3.63) is 11.9 Å². The van der Waals surface area contributed by atoms with Crippen molar-refractivity contribution >= 4 is 15.5 Å². The third kappa shape index (κ3) is 1.62. The van der Waals surface area contributed by atoms with Gasteiger partial charge in [0, 0.05) is 0 Å². The summed E-state index contributed by atoms with van der Waals surface area (Å²) < 4.78 is 24.7. The largest absolute Gasteiger partial charge is 0.396 e. The molecular weight excluding hydrogens is 214 g/mol. The van der Waals surface area contributed by atoms with Gasteiger partial charge in [-0.1, -0.05) is 0 Å². The number of aromatic nitrogens is 2. The predicted octanol–water partition coefficient (Wildman–Crippen LogP) is 0.307. The van der Waals surface area contributed by atoms with E-state index in [1.807, 2.05) is 13.8 Å². The molecule has 6 heteroatoms. The predicted molar refractivity (Wildman–Crippen MR) is 58.3 cm³/mol. The Labute approximate surface area is 89.2 Å². The van der Waals surface area contributed by atoms with E-state index < -0.39 is 15.4 Å². The molecule has 1 atom stereocenters. The molecule has 2 N–H and O–H groups in total. The zero-order valence-corrected chi connectivity index (χ0v) is 9.71. The van der Waals surface area contributed by atoms with Crippen molar-refractivity contribution in [3.8, 4) is 0 Å². The minimum atomic E-state index is -2.91. The van der Waals surface area contributed by atoms with Gasteiger partial charge in [-0.25, -0.2) is 8.42 Å². The van der Waals surface area contributed by atoms with Crippen LogP contribution in [0.15, 0.2) is 6.20 Å². The van der Waals surface area contributed by atoms with E-state index in [-0.39, 0.29) is 11.5 Å². The van der Waals surface area contributed by atoms with Crippen molar-refractivity contribution in [2.45, 2.75) is 25.8 Å². The highest BCUT2D eigenvalue weighted by molar-refractivity contribution is 7.91. The smallest absolute Gasteiger partial charge is 0.152 e. The van der Waals surface area contributed by atoms with Gasteiger partial charge in [0.05, 0.1) is 34.6 Å². The first-order valence-corrected chi connectivity index (χ1v) is 6.67. The average molecular weight is 229 g/mol. The Morgan fingerprint density at radius 3 is 2.67 bits per heavy atom. The van der Waals surface area contributed by atoms with Crippen LogP contribution in [0.5, 0.6) is 0 Å². The van der Waals surface area contributed by atoms with E-state index in [2.05, 4.69) is 5.10 Å². The lowest BCUT2D eigenvalue weighted by Gasteiger charge is -2.24. The molecule has 0 aliphatic carbocycles. The minimum Gasteiger partial charge on any atom is -0.396 e. The molecule has 0 saturated carbocycles. The molecule has 2 heterocycles. The Morgan fingerprint density at radius 2 is 2.27 bits per heavy atom. The zero-order chi connectivity index (χ0) is 11.3. The molecule has 1 saturated heterocycles. The third-order valence-corrected chi connectivity index (χ3v) is 4.93. The van der Waals surface area contributed by atoms with Gasteiger partial charge in [0.2, 0.25) is 0 Å². The summed E-state index contributed by atoms with van der Waals surface area (Å²) in [6.07, 6.45) is 2.18. The van der Waals surface area contributed by atoms with Crippen molar-refractivity contribution in [2.24, 2.45) is 0 Å². The molecule has 1 fully saturated rings. The summed E-state index contributed by atoms with van der Waals surface area (Å²) in [5, 5.41) is 4.16. The van der Waals surface area contributed by atoms with Gasteiger partial charge >= 0.3 is 0 Å². The number of anilines is 1. The maximum absolute atomic E-state index is 11.5. The lowest BCUT2D eigenvalue weighted by Crippen LogP contribution is -2.33. The maximum atomic E-state index is 11.5. The number of nitrogens with two attached hydrogens (primary N) is 1.